The summed E-state index contributed by atoms with van der Waals surface area (Å²) in [7, 11) is -0.181. The van der Waals surface area contributed by atoms with E-state index in [1.807, 2.05) is 24.4 Å². The van der Waals surface area contributed by atoms with Gasteiger partial charge in [0, 0.05) is 35.6 Å². The molecule has 4 rings (SSSR count). The summed E-state index contributed by atoms with van der Waals surface area (Å²) in [5.74, 6) is 0.0161. The van der Waals surface area contributed by atoms with Gasteiger partial charge >= 0.3 is 0 Å². The minimum absolute atomic E-state index is 0.0907. The molecule has 29 heavy (non-hydrogen) atoms. The highest BCUT2D eigenvalue weighted by molar-refractivity contribution is 7.89. The highest BCUT2D eigenvalue weighted by Gasteiger charge is 2.25. The third-order valence-electron chi connectivity index (χ3n) is 4.82. The smallest absolute Gasteiger partial charge is 0.213 e. The van der Waals surface area contributed by atoms with E-state index in [9.17, 15) is 12.8 Å². The number of benzene rings is 2. The van der Waals surface area contributed by atoms with E-state index in [4.69, 9.17) is 9.56 Å². The summed E-state index contributed by atoms with van der Waals surface area (Å²) in [5.41, 5.74) is 3.68. The van der Waals surface area contributed by atoms with Crippen molar-refractivity contribution in [3.8, 4) is 11.1 Å². The number of oxazole rings is 1. The number of rotatable bonds is 6. The average Bonchev–Trinajstić information content (AvgIpc) is 3.22. The number of nitrogens with two attached hydrogens (primary N) is 1. The van der Waals surface area contributed by atoms with E-state index in [1.54, 1.807) is 25.1 Å². The number of fused-ring (bicyclic) bond motifs is 2. The van der Waals surface area contributed by atoms with Crippen molar-refractivity contribution < 1.29 is 17.2 Å². The van der Waals surface area contributed by atoms with Gasteiger partial charge in [-0.3, -0.25) is 0 Å². The first-order valence-electron chi connectivity index (χ1n) is 9.03. The molecule has 4 aromatic rings. The van der Waals surface area contributed by atoms with E-state index in [0.717, 1.165) is 16.5 Å². The monoisotopic (exact) mass is 416 g/mol. The molecule has 0 amide bonds. The maximum absolute atomic E-state index is 13.4. The second-order valence-corrected chi connectivity index (χ2v) is 9.20. The Morgan fingerprint density at radius 3 is 2.76 bits per heavy atom. The Morgan fingerprint density at radius 2 is 2.03 bits per heavy atom. The molecule has 0 saturated heterocycles. The summed E-state index contributed by atoms with van der Waals surface area (Å²) >= 11 is 0. The van der Waals surface area contributed by atoms with E-state index < -0.39 is 15.3 Å². The van der Waals surface area contributed by atoms with Gasteiger partial charge in [0.05, 0.1) is 5.25 Å². The minimum atomic E-state index is -3.74. The van der Waals surface area contributed by atoms with Crippen LogP contribution in [0.3, 0.4) is 0 Å². The zero-order chi connectivity index (χ0) is 20.8. The van der Waals surface area contributed by atoms with Gasteiger partial charge in [-0.25, -0.2) is 22.9 Å². The van der Waals surface area contributed by atoms with E-state index in [1.165, 1.54) is 12.1 Å². The number of halogens is 1. The SMILES string of the molecule is CN(C)CC(Cc1nc2ccc(-c3c[nH]c4cc(F)ccc34)cc2o1)S(N)(=O)=O. The molecule has 0 radical (unpaired) electrons. The topological polar surface area (TPSA) is 105 Å². The third-order valence-corrected chi connectivity index (χ3v) is 6.07. The molecule has 2 aromatic heterocycles. The van der Waals surface area contributed by atoms with E-state index in [-0.39, 0.29) is 18.8 Å². The van der Waals surface area contributed by atoms with Crippen LogP contribution in [0, 0.1) is 5.82 Å². The van der Waals surface area contributed by atoms with Crippen LogP contribution in [0.2, 0.25) is 0 Å². The van der Waals surface area contributed by atoms with E-state index in [0.29, 0.717) is 22.5 Å². The van der Waals surface area contributed by atoms with Gasteiger partial charge < -0.3 is 14.3 Å². The first-order chi connectivity index (χ1) is 13.7. The fourth-order valence-electron chi connectivity index (χ4n) is 3.45. The summed E-state index contributed by atoms with van der Waals surface area (Å²) in [6.07, 6.45) is 1.91. The van der Waals surface area contributed by atoms with Crippen LogP contribution in [-0.2, 0) is 16.4 Å². The second kappa shape index (κ2) is 7.25. The minimum Gasteiger partial charge on any atom is -0.441 e. The average molecular weight is 416 g/mol. The van der Waals surface area contributed by atoms with E-state index in [2.05, 4.69) is 9.97 Å². The van der Waals surface area contributed by atoms with Crippen LogP contribution in [0.1, 0.15) is 5.89 Å². The Balaban J connectivity index is 1.69. The molecule has 2 aromatic carbocycles. The molecule has 0 aliphatic heterocycles. The van der Waals surface area contributed by atoms with Gasteiger partial charge in [0.1, 0.15) is 11.3 Å². The van der Waals surface area contributed by atoms with Crippen molar-refractivity contribution in [3.05, 3.63) is 54.3 Å². The molecule has 1 unspecified atom stereocenters. The number of nitrogens with zero attached hydrogens (tertiary/aromatic N) is 2. The second-order valence-electron chi connectivity index (χ2n) is 7.36. The van der Waals surface area contributed by atoms with Crippen LogP contribution < -0.4 is 5.14 Å². The number of H-pyrrole nitrogens is 1. The Labute approximate surface area is 167 Å². The van der Waals surface area contributed by atoms with Crippen molar-refractivity contribution >= 4 is 32.0 Å². The summed E-state index contributed by atoms with van der Waals surface area (Å²) < 4.78 is 43.0. The highest BCUT2D eigenvalue weighted by atomic mass is 32.2. The van der Waals surface area contributed by atoms with Gasteiger partial charge in [0.2, 0.25) is 10.0 Å². The van der Waals surface area contributed by atoms with Gasteiger partial charge in [0.25, 0.3) is 0 Å². The maximum atomic E-state index is 13.4. The first kappa shape index (κ1) is 19.6. The molecule has 0 saturated carbocycles. The van der Waals surface area contributed by atoms with Gasteiger partial charge in [-0.1, -0.05) is 6.07 Å². The molecule has 0 bridgehead atoms. The van der Waals surface area contributed by atoms with Crippen molar-refractivity contribution in [2.24, 2.45) is 5.14 Å². The number of nitrogens with one attached hydrogen (secondary N) is 1. The Hall–Kier alpha value is -2.75. The molecule has 0 fully saturated rings. The van der Waals surface area contributed by atoms with Crippen molar-refractivity contribution in [3.63, 3.8) is 0 Å². The predicted molar refractivity (Wildman–Crippen MR) is 110 cm³/mol. The summed E-state index contributed by atoms with van der Waals surface area (Å²) in [5, 5.41) is 5.45. The van der Waals surface area contributed by atoms with Crippen molar-refractivity contribution in [2.45, 2.75) is 11.7 Å². The number of primary sulfonamides is 1. The molecule has 9 heteroatoms. The van der Waals surface area contributed by atoms with Crippen LogP contribution in [0.4, 0.5) is 4.39 Å². The number of aromatic nitrogens is 2. The molecule has 3 N–H and O–H groups in total. The van der Waals surface area contributed by atoms with Crippen molar-refractivity contribution in [2.75, 3.05) is 20.6 Å². The van der Waals surface area contributed by atoms with Gasteiger partial charge in [-0.05, 0) is 50.0 Å². The van der Waals surface area contributed by atoms with E-state index >= 15 is 0 Å². The highest BCUT2D eigenvalue weighted by Crippen LogP contribution is 2.31. The quantitative estimate of drug-likeness (QED) is 0.503. The van der Waals surface area contributed by atoms with Gasteiger partial charge in [-0.15, -0.1) is 0 Å². The molecule has 1 atom stereocenters. The number of sulfonamides is 1. The zero-order valence-electron chi connectivity index (χ0n) is 16.0. The fraction of sp³-hybridized carbons (Fsp3) is 0.250. The molecule has 7 nitrogen and oxygen atoms in total. The fourth-order valence-corrected chi connectivity index (χ4v) is 4.33. The maximum Gasteiger partial charge on any atom is 0.213 e. The lowest BCUT2D eigenvalue weighted by Gasteiger charge is -2.17. The Morgan fingerprint density at radius 1 is 1.24 bits per heavy atom. The van der Waals surface area contributed by atoms with Crippen LogP contribution in [0.5, 0.6) is 0 Å². The van der Waals surface area contributed by atoms with Gasteiger partial charge in [-0.2, -0.15) is 0 Å². The molecular formula is C20H21FN4O3S. The summed E-state index contributed by atoms with van der Waals surface area (Å²) in [6.45, 7) is 0.273. The van der Waals surface area contributed by atoms with Crippen molar-refractivity contribution in [1.82, 2.24) is 14.9 Å². The lowest BCUT2D eigenvalue weighted by atomic mass is 10.0. The Kier molecular flexibility index (Phi) is 4.89. The zero-order valence-corrected chi connectivity index (χ0v) is 16.8. The Bertz CT molecular complexity index is 1290. The third kappa shape index (κ3) is 4.02. The van der Waals surface area contributed by atoms with Crippen LogP contribution >= 0.6 is 0 Å². The molecule has 0 spiro atoms. The molecule has 152 valence electrons. The standard InChI is InChI=1S/C20H21FN4O3S/c1-25(2)11-14(29(22,26)27)9-20-24-17-6-3-12(7-19(17)28-20)16-10-23-18-8-13(21)4-5-15(16)18/h3-8,10,14,23H,9,11H2,1-2H3,(H2,22,26,27). The number of aromatic amines is 1. The van der Waals surface area contributed by atoms with Crippen molar-refractivity contribution in [1.29, 1.82) is 0 Å². The molecule has 0 aliphatic carbocycles. The number of hydrogen-bond donors (Lipinski definition) is 2. The lowest BCUT2D eigenvalue weighted by Crippen LogP contribution is -2.38. The molecule has 0 aliphatic rings. The van der Waals surface area contributed by atoms with Crippen LogP contribution in [0.25, 0.3) is 33.1 Å². The summed E-state index contributed by atoms with van der Waals surface area (Å²) in [4.78, 5) is 9.24. The van der Waals surface area contributed by atoms with Crippen LogP contribution in [-0.4, -0.2) is 49.2 Å². The van der Waals surface area contributed by atoms with Gasteiger partial charge in [0.15, 0.2) is 11.5 Å². The predicted octanol–water partition coefficient (Wildman–Crippen LogP) is 2.88. The molecule has 2 heterocycles. The largest absolute Gasteiger partial charge is 0.441 e. The first-order valence-corrected chi connectivity index (χ1v) is 10.6. The number of hydrogen-bond acceptors (Lipinski definition) is 5. The lowest BCUT2D eigenvalue weighted by molar-refractivity contribution is 0.387. The van der Waals surface area contributed by atoms with Crippen LogP contribution in [0.15, 0.2) is 47.0 Å². The molecular weight excluding hydrogens is 395 g/mol. The normalized spacial score (nSPS) is 13.6. The summed E-state index contributed by atoms with van der Waals surface area (Å²) in [6, 6.07) is 10.2.